The average Bonchev–Trinajstić information content (AvgIpc) is 3.19. The van der Waals surface area contributed by atoms with Gasteiger partial charge >= 0.3 is 0 Å². The van der Waals surface area contributed by atoms with Crippen molar-refractivity contribution in [1.82, 2.24) is 15.1 Å². The molecule has 1 N–H and O–H groups in total. The Hall–Kier alpha value is -3.70. The minimum absolute atomic E-state index is 0.185. The quantitative estimate of drug-likeness (QED) is 0.649. The van der Waals surface area contributed by atoms with Gasteiger partial charge in [0.2, 0.25) is 11.8 Å². The lowest BCUT2D eigenvalue weighted by atomic mass is 10.0. The van der Waals surface area contributed by atoms with Gasteiger partial charge in [-0.25, -0.2) is 0 Å². The van der Waals surface area contributed by atoms with Crippen LogP contribution in [0.1, 0.15) is 59.2 Å². The van der Waals surface area contributed by atoms with Crippen LogP contribution in [0.15, 0.2) is 42.5 Å². The standard InChI is InChI=1S/C27H28N4O4/c28-14-18-5-1-2-6-19(18)15-30-12-4-3-7-21(30)17-35-22-8-9-23-20(13-22)16-31(27(23)34)24-10-11-25(32)29-26(24)33/h1-2,5-6,8-9,13,21,24H,3-4,7,10-12,15-17H2,(H,29,32,33)/t21-,24?/m1/s1. The van der Waals surface area contributed by atoms with Gasteiger partial charge in [0.15, 0.2) is 0 Å². The maximum atomic E-state index is 12.9. The number of piperidine rings is 2. The molecule has 2 saturated heterocycles. The topological polar surface area (TPSA) is 103 Å². The molecule has 2 aromatic rings. The fourth-order valence-electron chi connectivity index (χ4n) is 5.28. The average molecular weight is 473 g/mol. The number of likely N-dealkylation sites (tertiary alicyclic amines) is 1. The number of imide groups is 1. The Labute approximate surface area is 204 Å². The van der Waals surface area contributed by atoms with Crippen molar-refractivity contribution in [3.8, 4) is 11.8 Å². The van der Waals surface area contributed by atoms with E-state index in [1.54, 1.807) is 11.0 Å². The molecule has 0 spiro atoms. The molecule has 180 valence electrons. The second-order valence-corrected chi connectivity index (χ2v) is 9.42. The Balaban J connectivity index is 1.24. The van der Waals surface area contributed by atoms with Crippen molar-refractivity contribution in [2.24, 2.45) is 0 Å². The van der Waals surface area contributed by atoms with E-state index >= 15 is 0 Å². The summed E-state index contributed by atoms with van der Waals surface area (Å²) >= 11 is 0. The smallest absolute Gasteiger partial charge is 0.255 e. The van der Waals surface area contributed by atoms with Crippen LogP contribution in [0.4, 0.5) is 0 Å². The highest BCUT2D eigenvalue weighted by atomic mass is 16.5. The summed E-state index contributed by atoms with van der Waals surface area (Å²) in [6.45, 7) is 2.54. The molecule has 2 aromatic carbocycles. The number of amides is 3. The van der Waals surface area contributed by atoms with Gasteiger partial charge in [-0.3, -0.25) is 24.6 Å². The Morgan fingerprint density at radius 3 is 2.77 bits per heavy atom. The summed E-state index contributed by atoms with van der Waals surface area (Å²) in [4.78, 5) is 40.6. The fraction of sp³-hybridized carbons (Fsp3) is 0.407. The molecule has 0 aliphatic carbocycles. The third-order valence-corrected chi connectivity index (χ3v) is 7.20. The Morgan fingerprint density at radius 1 is 1.09 bits per heavy atom. The zero-order valence-electron chi connectivity index (χ0n) is 19.5. The summed E-state index contributed by atoms with van der Waals surface area (Å²) in [6.07, 6.45) is 3.88. The van der Waals surface area contributed by atoms with Crippen LogP contribution >= 0.6 is 0 Å². The number of nitrogens with zero attached hydrogens (tertiary/aromatic N) is 3. The Morgan fingerprint density at radius 2 is 1.94 bits per heavy atom. The van der Waals surface area contributed by atoms with E-state index in [-0.39, 0.29) is 24.3 Å². The van der Waals surface area contributed by atoms with Gasteiger partial charge in [-0.2, -0.15) is 5.26 Å². The molecule has 0 saturated carbocycles. The molecular formula is C27H28N4O4. The first-order valence-corrected chi connectivity index (χ1v) is 12.2. The first kappa shape index (κ1) is 23.1. The highest BCUT2D eigenvalue weighted by molar-refractivity contribution is 6.05. The molecule has 3 aliphatic rings. The SMILES string of the molecule is N#Cc1ccccc1CN1CCCC[C@@H]1COc1ccc2c(c1)CN(C1CCC(=O)NC1=O)C2=O. The molecule has 8 heteroatoms. The minimum atomic E-state index is -0.621. The van der Waals surface area contributed by atoms with Crippen LogP contribution in [0.5, 0.6) is 5.75 Å². The number of fused-ring (bicyclic) bond motifs is 1. The number of hydrogen-bond donors (Lipinski definition) is 1. The molecule has 0 radical (unpaired) electrons. The van der Waals surface area contributed by atoms with E-state index in [4.69, 9.17) is 4.74 Å². The van der Waals surface area contributed by atoms with E-state index in [9.17, 15) is 19.6 Å². The summed E-state index contributed by atoms with van der Waals surface area (Å²) in [5.41, 5.74) is 3.16. The molecule has 2 atom stereocenters. The molecule has 0 aromatic heterocycles. The highest BCUT2D eigenvalue weighted by Crippen LogP contribution is 2.30. The third kappa shape index (κ3) is 4.77. The summed E-state index contributed by atoms with van der Waals surface area (Å²) in [6, 6.07) is 15.1. The lowest BCUT2D eigenvalue weighted by molar-refractivity contribution is -0.136. The molecule has 3 heterocycles. The maximum absolute atomic E-state index is 12.9. The van der Waals surface area contributed by atoms with Crippen LogP contribution in [0.3, 0.4) is 0 Å². The largest absolute Gasteiger partial charge is 0.492 e. The Kier molecular flexibility index (Phi) is 6.51. The van der Waals surface area contributed by atoms with Crippen molar-refractivity contribution < 1.29 is 19.1 Å². The number of rotatable bonds is 6. The van der Waals surface area contributed by atoms with Gasteiger partial charge in [-0.05, 0) is 61.2 Å². The van der Waals surface area contributed by atoms with Gasteiger partial charge in [0.25, 0.3) is 5.91 Å². The van der Waals surface area contributed by atoms with E-state index in [0.29, 0.717) is 36.4 Å². The van der Waals surface area contributed by atoms with Gasteiger partial charge in [-0.1, -0.05) is 24.6 Å². The number of nitrogens with one attached hydrogen (secondary N) is 1. The molecule has 0 bridgehead atoms. The number of benzene rings is 2. The summed E-state index contributed by atoms with van der Waals surface area (Å²) in [5.74, 6) is -0.187. The van der Waals surface area contributed by atoms with Crippen LogP contribution in [-0.2, 0) is 22.7 Å². The van der Waals surface area contributed by atoms with E-state index in [1.807, 2.05) is 36.4 Å². The minimum Gasteiger partial charge on any atom is -0.492 e. The van der Waals surface area contributed by atoms with Gasteiger partial charge in [0.05, 0.1) is 11.6 Å². The normalized spacial score (nSPS) is 22.5. The number of carbonyl (C=O) groups is 3. The van der Waals surface area contributed by atoms with Gasteiger partial charge in [0.1, 0.15) is 18.4 Å². The van der Waals surface area contributed by atoms with Crippen molar-refractivity contribution in [3.05, 3.63) is 64.7 Å². The first-order valence-electron chi connectivity index (χ1n) is 12.2. The second-order valence-electron chi connectivity index (χ2n) is 9.42. The number of carbonyl (C=O) groups excluding carboxylic acids is 3. The van der Waals surface area contributed by atoms with Gasteiger partial charge in [-0.15, -0.1) is 0 Å². The molecule has 5 rings (SSSR count). The van der Waals surface area contributed by atoms with Crippen molar-refractivity contribution in [2.75, 3.05) is 13.2 Å². The van der Waals surface area contributed by atoms with Crippen molar-refractivity contribution in [1.29, 1.82) is 5.26 Å². The number of hydrogen-bond acceptors (Lipinski definition) is 6. The first-order chi connectivity index (χ1) is 17.0. The Bertz CT molecular complexity index is 1200. The van der Waals surface area contributed by atoms with Crippen LogP contribution in [-0.4, -0.2) is 52.8 Å². The van der Waals surface area contributed by atoms with Crippen molar-refractivity contribution in [2.45, 2.75) is 57.3 Å². The van der Waals surface area contributed by atoms with E-state index in [1.165, 1.54) is 0 Å². The molecule has 3 aliphatic heterocycles. The molecule has 3 amide bonds. The molecule has 8 nitrogen and oxygen atoms in total. The maximum Gasteiger partial charge on any atom is 0.255 e. The predicted octanol–water partition coefficient (Wildman–Crippen LogP) is 2.75. The third-order valence-electron chi connectivity index (χ3n) is 7.20. The molecule has 2 fully saturated rings. The van der Waals surface area contributed by atoms with Crippen molar-refractivity contribution in [3.63, 3.8) is 0 Å². The summed E-state index contributed by atoms with van der Waals surface area (Å²) in [7, 11) is 0. The number of nitriles is 1. The van der Waals surface area contributed by atoms with E-state index < -0.39 is 11.9 Å². The van der Waals surface area contributed by atoms with Gasteiger partial charge in [0, 0.05) is 31.1 Å². The monoisotopic (exact) mass is 472 g/mol. The van der Waals surface area contributed by atoms with Crippen LogP contribution in [0.2, 0.25) is 0 Å². The van der Waals surface area contributed by atoms with Crippen LogP contribution in [0, 0.1) is 11.3 Å². The highest BCUT2D eigenvalue weighted by Gasteiger charge is 2.39. The molecule has 35 heavy (non-hydrogen) atoms. The van der Waals surface area contributed by atoms with Crippen LogP contribution < -0.4 is 10.1 Å². The van der Waals surface area contributed by atoms with Crippen molar-refractivity contribution >= 4 is 17.7 Å². The lowest BCUT2D eigenvalue weighted by Crippen LogP contribution is -2.52. The van der Waals surface area contributed by atoms with E-state index in [2.05, 4.69) is 16.3 Å². The fourth-order valence-corrected chi connectivity index (χ4v) is 5.28. The molecular weight excluding hydrogens is 444 g/mol. The molecule has 1 unspecified atom stereocenters. The summed E-state index contributed by atoms with van der Waals surface area (Å²) < 4.78 is 6.19. The van der Waals surface area contributed by atoms with Gasteiger partial charge < -0.3 is 9.64 Å². The second kappa shape index (κ2) is 9.88. The predicted molar refractivity (Wildman–Crippen MR) is 127 cm³/mol. The zero-order chi connectivity index (χ0) is 24.4. The lowest BCUT2D eigenvalue weighted by Gasteiger charge is -2.35. The summed E-state index contributed by atoms with van der Waals surface area (Å²) in [5, 5.41) is 11.8. The number of ether oxygens (including phenoxy) is 1. The van der Waals surface area contributed by atoms with Crippen LogP contribution in [0.25, 0.3) is 0 Å². The zero-order valence-corrected chi connectivity index (χ0v) is 19.5. The van der Waals surface area contributed by atoms with E-state index in [0.717, 1.165) is 43.5 Å².